The number of hydrogen-bond acceptors (Lipinski definition) is 4. The van der Waals surface area contributed by atoms with Crippen LogP contribution in [0.2, 0.25) is 0 Å². The van der Waals surface area contributed by atoms with Gasteiger partial charge in [-0.05, 0) is 56.7 Å². The molecule has 8 heteroatoms. The molecular weight excluding hydrogens is 460 g/mol. The van der Waals surface area contributed by atoms with E-state index in [1.165, 1.54) is 37.4 Å². The summed E-state index contributed by atoms with van der Waals surface area (Å²) < 4.78 is 62.4. The largest absolute Gasteiger partial charge is 0.454 e. The maximum absolute atomic E-state index is 15.3. The number of fused-ring (bicyclic) bond motifs is 1. The number of nitrogens with zero attached hydrogens (tertiary/aromatic N) is 1. The summed E-state index contributed by atoms with van der Waals surface area (Å²) in [4.78, 5) is 11.7. The van der Waals surface area contributed by atoms with Crippen LogP contribution >= 0.6 is 0 Å². The van der Waals surface area contributed by atoms with Gasteiger partial charge in [-0.15, -0.1) is 6.58 Å². The van der Waals surface area contributed by atoms with E-state index >= 15 is 4.39 Å². The summed E-state index contributed by atoms with van der Waals surface area (Å²) in [5.41, 5.74) is 1.24. The van der Waals surface area contributed by atoms with Gasteiger partial charge in [-0.2, -0.15) is 0 Å². The van der Waals surface area contributed by atoms with Gasteiger partial charge in [-0.1, -0.05) is 23.8 Å². The van der Waals surface area contributed by atoms with Gasteiger partial charge in [0.1, 0.15) is 11.6 Å². The Bertz CT molecular complexity index is 1540. The van der Waals surface area contributed by atoms with E-state index in [0.717, 1.165) is 21.7 Å². The lowest BCUT2D eigenvalue weighted by Crippen LogP contribution is -2.12. The molecule has 5 nitrogen and oxygen atoms in total. The van der Waals surface area contributed by atoms with E-state index < -0.39 is 27.4 Å². The number of carbonyl (C=O) groups excluding carboxylic acids is 1. The number of hydrogen-bond donors (Lipinski definition) is 0. The maximum atomic E-state index is 15.3. The number of rotatable bonds is 7. The van der Waals surface area contributed by atoms with Crippen LogP contribution in [-0.4, -0.2) is 18.2 Å². The SMILES string of the molecule is C=CCc1c(Oc2ccc(F)c(C(C)=O)c2)c(F)cc2c1ccn2S(=O)(=O)c1ccc(C)cc1. The van der Waals surface area contributed by atoms with E-state index in [4.69, 9.17) is 4.74 Å². The van der Waals surface area contributed by atoms with Crippen LogP contribution in [0.5, 0.6) is 11.5 Å². The summed E-state index contributed by atoms with van der Waals surface area (Å²) in [6.07, 6.45) is 3.08. The summed E-state index contributed by atoms with van der Waals surface area (Å²) in [6, 6.07) is 12.6. The molecule has 34 heavy (non-hydrogen) atoms. The van der Waals surface area contributed by atoms with Crippen molar-refractivity contribution in [1.82, 2.24) is 3.97 Å². The standard InChI is InChI=1S/C26H21F2NO4S/c1-4-5-21-20-12-13-29(34(31,32)19-9-6-16(2)7-10-19)25(20)15-24(28)26(21)33-18-8-11-23(27)22(14-18)17(3)30/h4,6-15H,1,5H2,2-3H3. The molecule has 0 aliphatic heterocycles. The fourth-order valence-corrected chi connectivity index (χ4v) is 5.06. The van der Waals surface area contributed by atoms with Crippen molar-refractivity contribution in [2.45, 2.75) is 25.2 Å². The van der Waals surface area contributed by atoms with E-state index in [2.05, 4.69) is 6.58 Å². The normalized spacial score (nSPS) is 11.5. The maximum Gasteiger partial charge on any atom is 0.268 e. The summed E-state index contributed by atoms with van der Waals surface area (Å²) in [5.74, 6) is -2.10. The third-order valence-electron chi connectivity index (χ3n) is 5.43. The molecule has 3 aromatic carbocycles. The number of ether oxygens (including phenoxy) is 1. The quantitative estimate of drug-likeness (QED) is 0.233. The Morgan fingerprint density at radius 2 is 1.76 bits per heavy atom. The Balaban J connectivity index is 1.87. The molecule has 0 saturated carbocycles. The van der Waals surface area contributed by atoms with E-state index in [1.807, 2.05) is 6.92 Å². The van der Waals surface area contributed by atoms with Gasteiger partial charge in [0.15, 0.2) is 17.3 Å². The minimum atomic E-state index is -3.97. The molecule has 174 valence electrons. The Morgan fingerprint density at radius 1 is 1.06 bits per heavy atom. The lowest BCUT2D eigenvalue weighted by molar-refractivity contribution is 0.101. The van der Waals surface area contributed by atoms with Gasteiger partial charge in [0.2, 0.25) is 0 Å². The molecule has 0 fully saturated rings. The van der Waals surface area contributed by atoms with Crippen molar-refractivity contribution in [1.29, 1.82) is 0 Å². The van der Waals surface area contributed by atoms with Gasteiger partial charge in [-0.3, -0.25) is 4.79 Å². The highest BCUT2D eigenvalue weighted by molar-refractivity contribution is 7.90. The fraction of sp³-hybridized carbons (Fsp3) is 0.115. The molecule has 4 aromatic rings. The Hall–Kier alpha value is -3.78. The molecule has 4 rings (SSSR count). The molecule has 0 saturated heterocycles. The molecule has 0 N–H and O–H groups in total. The van der Waals surface area contributed by atoms with Crippen LogP contribution in [0.1, 0.15) is 28.4 Å². The van der Waals surface area contributed by atoms with Crippen LogP contribution < -0.4 is 4.74 Å². The fourth-order valence-electron chi connectivity index (χ4n) is 3.72. The molecular formula is C26H21F2NO4S. The number of aromatic nitrogens is 1. The highest BCUT2D eigenvalue weighted by atomic mass is 32.2. The second-order valence-corrected chi connectivity index (χ2v) is 9.64. The number of halogens is 2. The molecule has 0 amide bonds. The Morgan fingerprint density at radius 3 is 2.41 bits per heavy atom. The molecule has 0 unspecified atom stereocenters. The van der Waals surface area contributed by atoms with Crippen molar-refractivity contribution in [3.05, 3.63) is 102 Å². The molecule has 0 spiro atoms. The first-order valence-corrected chi connectivity index (χ1v) is 11.8. The number of aryl methyl sites for hydroxylation is 1. The van der Waals surface area contributed by atoms with Crippen molar-refractivity contribution >= 4 is 26.7 Å². The summed E-state index contributed by atoms with van der Waals surface area (Å²) >= 11 is 0. The zero-order chi connectivity index (χ0) is 24.6. The molecule has 0 aliphatic rings. The first kappa shape index (κ1) is 23.4. The first-order chi connectivity index (χ1) is 16.1. The van der Waals surface area contributed by atoms with Crippen molar-refractivity contribution in [2.24, 2.45) is 0 Å². The summed E-state index contributed by atoms with van der Waals surface area (Å²) in [5, 5.41) is 0.459. The van der Waals surface area contributed by atoms with Gasteiger partial charge in [0.05, 0.1) is 16.0 Å². The van der Waals surface area contributed by atoms with Gasteiger partial charge >= 0.3 is 0 Å². The van der Waals surface area contributed by atoms with Crippen molar-refractivity contribution in [2.75, 3.05) is 0 Å². The molecule has 1 aromatic heterocycles. The lowest BCUT2D eigenvalue weighted by atomic mass is 10.0. The van der Waals surface area contributed by atoms with Crippen LogP contribution in [0.3, 0.4) is 0 Å². The topological polar surface area (TPSA) is 65.4 Å². The second-order valence-electron chi connectivity index (χ2n) is 7.82. The first-order valence-electron chi connectivity index (χ1n) is 10.4. The predicted molar refractivity (Wildman–Crippen MR) is 126 cm³/mol. The third-order valence-corrected chi connectivity index (χ3v) is 7.14. The highest BCUT2D eigenvalue weighted by Gasteiger charge is 2.24. The minimum absolute atomic E-state index is 0.0712. The second kappa shape index (κ2) is 8.87. The third kappa shape index (κ3) is 4.12. The monoisotopic (exact) mass is 481 g/mol. The lowest BCUT2D eigenvalue weighted by Gasteiger charge is -2.15. The van der Waals surface area contributed by atoms with Crippen molar-refractivity contribution in [3.63, 3.8) is 0 Å². The molecule has 1 heterocycles. The molecule has 0 bridgehead atoms. The van der Waals surface area contributed by atoms with Gasteiger partial charge in [0, 0.05) is 23.2 Å². The van der Waals surface area contributed by atoms with E-state index in [0.29, 0.717) is 10.9 Å². The van der Waals surface area contributed by atoms with Crippen molar-refractivity contribution in [3.8, 4) is 11.5 Å². The van der Waals surface area contributed by atoms with E-state index in [1.54, 1.807) is 24.3 Å². The average molecular weight is 482 g/mol. The van der Waals surface area contributed by atoms with E-state index in [-0.39, 0.29) is 33.9 Å². The van der Waals surface area contributed by atoms with Crippen molar-refractivity contribution < 1.29 is 26.7 Å². The number of ketones is 1. The Labute approximate surface area is 196 Å². The van der Waals surface area contributed by atoms with Gasteiger partial charge < -0.3 is 4.74 Å². The van der Waals surface area contributed by atoms with Crippen LogP contribution in [0.4, 0.5) is 8.78 Å². The van der Waals surface area contributed by atoms with Crippen LogP contribution in [0.15, 0.2) is 78.3 Å². The van der Waals surface area contributed by atoms with E-state index in [9.17, 15) is 17.6 Å². The molecule has 0 atom stereocenters. The Kier molecular flexibility index (Phi) is 6.10. The smallest absolute Gasteiger partial charge is 0.268 e. The number of allylic oxidation sites excluding steroid dienone is 1. The predicted octanol–water partition coefficient (Wildman–Crippen LogP) is 6.19. The van der Waals surface area contributed by atoms with Crippen LogP contribution in [0.25, 0.3) is 10.9 Å². The number of benzene rings is 3. The summed E-state index contributed by atoms with van der Waals surface area (Å²) in [6.45, 7) is 6.77. The summed E-state index contributed by atoms with van der Waals surface area (Å²) in [7, 11) is -3.97. The van der Waals surface area contributed by atoms with Gasteiger partial charge in [0.25, 0.3) is 10.0 Å². The number of Topliss-reactive ketones (excluding diaryl/α,β-unsaturated/α-hetero) is 1. The van der Waals surface area contributed by atoms with Gasteiger partial charge in [-0.25, -0.2) is 21.2 Å². The van der Waals surface area contributed by atoms with Crippen LogP contribution in [0, 0.1) is 18.6 Å². The zero-order valence-electron chi connectivity index (χ0n) is 18.5. The highest BCUT2D eigenvalue weighted by Crippen LogP contribution is 2.37. The molecule has 0 aliphatic carbocycles. The minimum Gasteiger partial charge on any atom is -0.454 e. The number of carbonyl (C=O) groups is 1. The zero-order valence-corrected chi connectivity index (χ0v) is 19.3. The van der Waals surface area contributed by atoms with Crippen LogP contribution in [-0.2, 0) is 16.4 Å². The average Bonchev–Trinajstić information content (AvgIpc) is 3.21. The molecule has 0 radical (unpaired) electrons.